The number of benzene rings is 1. The third-order valence-corrected chi connectivity index (χ3v) is 3.17. The third-order valence-electron chi connectivity index (χ3n) is 3.17. The van der Waals surface area contributed by atoms with Crippen LogP contribution in [-0.4, -0.2) is 25.1 Å². The van der Waals surface area contributed by atoms with Crippen LogP contribution in [0.25, 0.3) is 0 Å². The highest BCUT2D eigenvalue weighted by molar-refractivity contribution is 5.75. The molecule has 4 nitrogen and oxygen atoms in total. The summed E-state index contributed by atoms with van der Waals surface area (Å²) in [6, 6.07) is 6.23. The summed E-state index contributed by atoms with van der Waals surface area (Å²) >= 11 is 0. The van der Waals surface area contributed by atoms with Crippen LogP contribution in [0.1, 0.15) is 43.7 Å². The fraction of sp³-hybridized carbons (Fsp3) is 0.533. The van der Waals surface area contributed by atoms with Crippen molar-refractivity contribution in [3.63, 3.8) is 0 Å². The van der Waals surface area contributed by atoms with Gasteiger partial charge < -0.3 is 4.74 Å². The van der Waals surface area contributed by atoms with Gasteiger partial charge in [-0.15, -0.1) is 0 Å². The maximum Gasteiger partial charge on any atom is 0.236 e. The van der Waals surface area contributed by atoms with Crippen molar-refractivity contribution in [3.05, 3.63) is 29.3 Å². The minimum absolute atomic E-state index is 0.0300. The van der Waals surface area contributed by atoms with Gasteiger partial charge in [-0.1, -0.05) is 26.0 Å². The van der Waals surface area contributed by atoms with E-state index in [9.17, 15) is 4.79 Å². The van der Waals surface area contributed by atoms with Crippen LogP contribution in [-0.2, 0) is 11.2 Å². The van der Waals surface area contributed by atoms with Gasteiger partial charge in [0.1, 0.15) is 5.75 Å². The lowest BCUT2D eigenvalue weighted by molar-refractivity contribution is -0.130. The molecule has 0 aliphatic rings. The molecule has 0 aromatic heterocycles. The van der Waals surface area contributed by atoms with Crippen molar-refractivity contribution < 1.29 is 9.53 Å². The Bertz CT molecular complexity index is 428. The standard InChI is InChI=1S/C15H24N2O2/c1-11(2)13-10-12(8-9-14(13)19-4)6-5-7-15(18)17(3)16/h8-11H,5-7,16H2,1-4H3. The van der Waals surface area contributed by atoms with Gasteiger partial charge in [-0.3, -0.25) is 9.80 Å². The van der Waals surface area contributed by atoms with E-state index in [1.165, 1.54) is 11.1 Å². The van der Waals surface area contributed by atoms with E-state index in [2.05, 4.69) is 26.0 Å². The Balaban J connectivity index is 2.65. The monoisotopic (exact) mass is 264 g/mol. The van der Waals surface area contributed by atoms with E-state index < -0.39 is 0 Å². The smallest absolute Gasteiger partial charge is 0.236 e. The highest BCUT2D eigenvalue weighted by Gasteiger charge is 2.09. The average molecular weight is 264 g/mol. The van der Waals surface area contributed by atoms with Gasteiger partial charge in [-0.2, -0.15) is 0 Å². The summed E-state index contributed by atoms with van der Waals surface area (Å²) < 4.78 is 5.36. The van der Waals surface area contributed by atoms with E-state index in [0.717, 1.165) is 23.6 Å². The molecule has 0 heterocycles. The third kappa shape index (κ3) is 4.56. The minimum atomic E-state index is -0.0300. The zero-order chi connectivity index (χ0) is 14.4. The molecule has 0 spiro atoms. The fourth-order valence-corrected chi connectivity index (χ4v) is 2.01. The molecular weight excluding hydrogens is 240 g/mol. The number of hydrazine groups is 1. The van der Waals surface area contributed by atoms with Gasteiger partial charge in [0.25, 0.3) is 0 Å². The molecule has 2 N–H and O–H groups in total. The molecule has 1 rings (SSSR count). The van der Waals surface area contributed by atoms with Gasteiger partial charge in [0.15, 0.2) is 0 Å². The first-order valence-corrected chi connectivity index (χ1v) is 6.63. The van der Waals surface area contributed by atoms with Crippen LogP contribution in [0.2, 0.25) is 0 Å². The number of hydrogen-bond acceptors (Lipinski definition) is 3. The second-order valence-corrected chi connectivity index (χ2v) is 5.09. The Labute approximate surface area is 115 Å². The van der Waals surface area contributed by atoms with Gasteiger partial charge in [-0.25, -0.2) is 5.84 Å². The van der Waals surface area contributed by atoms with Crippen LogP contribution in [0.5, 0.6) is 5.75 Å². The molecule has 1 aromatic rings. The van der Waals surface area contributed by atoms with Gasteiger partial charge >= 0.3 is 0 Å². The summed E-state index contributed by atoms with van der Waals surface area (Å²) in [6.07, 6.45) is 2.17. The van der Waals surface area contributed by atoms with Crippen LogP contribution >= 0.6 is 0 Å². The molecule has 106 valence electrons. The molecule has 0 bridgehead atoms. The summed E-state index contributed by atoms with van der Waals surface area (Å²) in [5.74, 6) is 6.70. The SMILES string of the molecule is COc1ccc(CCCC(=O)N(C)N)cc1C(C)C. The Morgan fingerprint density at radius 1 is 1.42 bits per heavy atom. The number of ether oxygens (including phenoxy) is 1. The predicted molar refractivity (Wildman–Crippen MR) is 77.0 cm³/mol. The largest absolute Gasteiger partial charge is 0.496 e. The Kier molecular flexibility index (Phi) is 5.83. The van der Waals surface area contributed by atoms with E-state index in [4.69, 9.17) is 10.6 Å². The van der Waals surface area contributed by atoms with Crippen LogP contribution in [0.4, 0.5) is 0 Å². The molecule has 0 atom stereocenters. The molecule has 0 saturated heterocycles. The van der Waals surface area contributed by atoms with Gasteiger partial charge in [0, 0.05) is 13.5 Å². The molecule has 0 fully saturated rings. The highest BCUT2D eigenvalue weighted by atomic mass is 16.5. The number of nitrogens with two attached hydrogens (primary N) is 1. The maximum absolute atomic E-state index is 11.4. The lowest BCUT2D eigenvalue weighted by Crippen LogP contribution is -2.32. The second kappa shape index (κ2) is 7.14. The molecule has 0 aliphatic carbocycles. The number of hydrogen-bond donors (Lipinski definition) is 1. The molecular formula is C15H24N2O2. The van der Waals surface area contributed by atoms with E-state index in [1.54, 1.807) is 14.2 Å². The van der Waals surface area contributed by atoms with Gasteiger partial charge in [0.05, 0.1) is 7.11 Å². The molecule has 1 amide bonds. The van der Waals surface area contributed by atoms with Crippen LogP contribution in [0.15, 0.2) is 18.2 Å². The molecule has 4 heteroatoms. The first kappa shape index (κ1) is 15.5. The van der Waals surface area contributed by atoms with Crippen molar-refractivity contribution >= 4 is 5.91 Å². The fourth-order valence-electron chi connectivity index (χ4n) is 2.01. The summed E-state index contributed by atoms with van der Waals surface area (Å²) in [6.45, 7) is 4.29. The van der Waals surface area contributed by atoms with Crippen molar-refractivity contribution in [2.75, 3.05) is 14.2 Å². The number of carbonyl (C=O) groups is 1. The molecule has 0 saturated carbocycles. The molecule has 1 aromatic carbocycles. The van der Waals surface area contributed by atoms with E-state index in [1.807, 2.05) is 6.07 Å². The number of carbonyl (C=O) groups excluding carboxylic acids is 1. The number of aryl methyl sites for hydroxylation is 1. The van der Waals surface area contributed by atoms with Crippen molar-refractivity contribution in [1.82, 2.24) is 5.01 Å². The molecule has 0 aliphatic heterocycles. The van der Waals surface area contributed by atoms with E-state index in [0.29, 0.717) is 12.3 Å². The molecule has 0 unspecified atom stereocenters. The number of rotatable bonds is 6. The van der Waals surface area contributed by atoms with Crippen molar-refractivity contribution in [2.24, 2.45) is 5.84 Å². The zero-order valence-corrected chi connectivity index (χ0v) is 12.3. The van der Waals surface area contributed by atoms with Crippen LogP contribution in [0.3, 0.4) is 0 Å². The second-order valence-electron chi connectivity index (χ2n) is 5.09. The number of nitrogens with zero attached hydrogens (tertiary/aromatic N) is 1. The van der Waals surface area contributed by atoms with Crippen molar-refractivity contribution in [1.29, 1.82) is 0 Å². The lowest BCUT2D eigenvalue weighted by atomic mass is 9.97. The van der Waals surface area contributed by atoms with E-state index >= 15 is 0 Å². The quantitative estimate of drug-likeness (QED) is 0.488. The zero-order valence-electron chi connectivity index (χ0n) is 12.3. The minimum Gasteiger partial charge on any atom is -0.496 e. The lowest BCUT2D eigenvalue weighted by Gasteiger charge is -2.14. The van der Waals surface area contributed by atoms with Crippen LogP contribution < -0.4 is 10.6 Å². The predicted octanol–water partition coefficient (Wildman–Crippen LogP) is 2.47. The first-order chi connectivity index (χ1) is 8.95. The summed E-state index contributed by atoms with van der Waals surface area (Å²) in [7, 11) is 3.27. The van der Waals surface area contributed by atoms with Gasteiger partial charge in [-0.05, 0) is 36.0 Å². The topological polar surface area (TPSA) is 55.6 Å². The van der Waals surface area contributed by atoms with Crippen LogP contribution in [0, 0.1) is 0 Å². The molecule has 0 radical (unpaired) electrons. The maximum atomic E-state index is 11.4. The van der Waals surface area contributed by atoms with Crippen molar-refractivity contribution in [3.8, 4) is 5.75 Å². The molecule has 19 heavy (non-hydrogen) atoms. The summed E-state index contributed by atoms with van der Waals surface area (Å²) in [4.78, 5) is 11.4. The average Bonchev–Trinajstić information content (AvgIpc) is 2.38. The summed E-state index contributed by atoms with van der Waals surface area (Å²) in [5, 5.41) is 1.15. The Hall–Kier alpha value is -1.55. The normalized spacial score (nSPS) is 10.6. The van der Waals surface area contributed by atoms with Crippen molar-refractivity contribution in [2.45, 2.75) is 39.0 Å². The van der Waals surface area contributed by atoms with Gasteiger partial charge in [0.2, 0.25) is 5.91 Å². The summed E-state index contributed by atoms with van der Waals surface area (Å²) in [5.41, 5.74) is 2.44. The Morgan fingerprint density at radius 3 is 2.63 bits per heavy atom. The Morgan fingerprint density at radius 2 is 2.11 bits per heavy atom. The number of amides is 1. The highest BCUT2D eigenvalue weighted by Crippen LogP contribution is 2.27. The first-order valence-electron chi connectivity index (χ1n) is 6.63. The van der Waals surface area contributed by atoms with E-state index in [-0.39, 0.29) is 5.91 Å². The number of methoxy groups -OCH3 is 1.